The molecule has 0 spiro atoms. The summed E-state index contributed by atoms with van der Waals surface area (Å²) in [5.41, 5.74) is 0. The highest BCUT2D eigenvalue weighted by atomic mass is 16.5. The average molecular weight is 357 g/mol. The second-order valence-corrected chi connectivity index (χ2v) is 7.47. The third-order valence-corrected chi connectivity index (χ3v) is 4.71. The van der Waals surface area contributed by atoms with E-state index in [-0.39, 0.29) is 11.9 Å². The summed E-state index contributed by atoms with van der Waals surface area (Å²) in [6.07, 6.45) is 12.4. The number of rotatable bonds is 16. The molecule has 0 amide bonds. The fraction of sp³-hybridized carbons (Fsp3) is 0.905. The Kier molecular flexibility index (Phi) is 15.7. The van der Waals surface area contributed by atoms with Gasteiger partial charge in [0, 0.05) is 12.8 Å². The van der Waals surface area contributed by atoms with E-state index in [0.717, 1.165) is 32.1 Å². The van der Waals surface area contributed by atoms with Gasteiger partial charge in [0.05, 0.1) is 13.7 Å². The molecular formula is C21H40O4. The molecule has 0 saturated heterocycles. The zero-order valence-corrected chi connectivity index (χ0v) is 17.0. The Balaban J connectivity index is 3.54. The van der Waals surface area contributed by atoms with Gasteiger partial charge >= 0.3 is 11.9 Å². The van der Waals surface area contributed by atoms with Crippen LogP contribution in [0, 0.1) is 11.8 Å². The van der Waals surface area contributed by atoms with E-state index in [0.29, 0.717) is 31.3 Å². The van der Waals surface area contributed by atoms with Crippen molar-refractivity contribution < 1.29 is 19.1 Å². The van der Waals surface area contributed by atoms with E-state index in [9.17, 15) is 9.59 Å². The lowest BCUT2D eigenvalue weighted by Crippen LogP contribution is -2.13. The fourth-order valence-corrected chi connectivity index (χ4v) is 2.84. The number of unbranched alkanes of at least 4 members (excludes halogenated alkanes) is 6. The molecule has 148 valence electrons. The van der Waals surface area contributed by atoms with Crippen molar-refractivity contribution in [1.29, 1.82) is 0 Å². The van der Waals surface area contributed by atoms with E-state index in [2.05, 4.69) is 25.5 Å². The van der Waals surface area contributed by atoms with Crippen molar-refractivity contribution in [3.63, 3.8) is 0 Å². The Morgan fingerprint density at radius 2 is 1.44 bits per heavy atom. The first-order valence-electron chi connectivity index (χ1n) is 10.2. The molecule has 0 aliphatic carbocycles. The van der Waals surface area contributed by atoms with Crippen LogP contribution in [-0.2, 0) is 19.1 Å². The second kappa shape index (κ2) is 16.4. The highest BCUT2D eigenvalue weighted by Crippen LogP contribution is 2.19. The number of hydrogen-bond acceptors (Lipinski definition) is 4. The predicted octanol–water partition coefficient (Wildman–Crippen LogP) is 5.68. The molecule has 0 heterocycles. The first-order valence-corrected chi connectivity index (χ1v) is 10.2. The van der Waals surface area contributed by atoms with E-state index in [1.54, 1.807) is 0 Å². The van der Waals surface area contributed by atoms with Crippen molar-refractivity contribution >= 4 is 11.9 Å². The van der Waals surface area contributed by atoms with Gasteiger partial charge in [-0.15, -0.1) is 0 Å². The first kappa shape index (κ1) is 23.9. The molecule has 1 unspecified atom stereocenters. The highest BCUT2D eigenvalue weighted by molar-refractivity contribution is 5.69. The molecule has 0 fully saturated rings. The monoisotopic (exact) mass is 356 g/mol. The molecule has 4 heteroatoms. The van der Waals surface area contributed by atoms with Crippen LogP contribution in [0.5, 0.6) is 0 Å². The molecule has 0 aromatic carbocycles. The van der Waals surface area contributed by atoms with Gasteiger partial charge < -0.3 is 9.47 Å². The summed E-state index contributed by atoms with van der Waals surface area (Å²) < 4.78 is 9.95. The Labute approximate surface area is 155 Å². The molecule has 0 aliphatic rings. The van der Waals surface area contributed by atoms with E-state index in [1.807, 2.05) is 0 Å². The summed E-state index contributed by atoms with van der Waals surface area (Å²) in [4.78, 5) is 22.8. The molecule has 0 saturated carbocycles. The summed E-state index contributed by atoms with van der Waals surface area (Å²) in [6, 6.07) is 0. The number of carbonyl (C=O) groups excluding carboxylic acids is 2. The van der Waals surface area contributed by atoms with Crippen LogP contribution in [0.25, 0.3) is 0 Å². The smallest absolute Gasteiger partial charge is 0.306 e. The number of esters is 2. The van der Waals surface area contributed by atoms with Crippen molar-refractivity contribution in [1.82, 2.24) is 0 Å². The van der Waals surface area contributed by atoms with Gasteiger partial charge in [0.1, 0.15) is 0 Å². The third kappa shape index (κ3) is 16.2. The summed E-state index contributed by atoms with van der Waals surface area (Å²) in [5, 5.41) is 0. The van der Waals surface area contributed by atoms with Crippen LogP contribution in [0.3, 0.4) is 0 Å². The lowest BCUT2D eigenvalue weighted by atomic mass is 9.95. The van der Waals surface area contributed by atoms with Gasteiger partial charge in [0.15, 0.2) is 0 Å². The summed E-state index contributed by atoms with van der Waals surface area (Å²) in [6.45, 7) is 7.00. The molecule has 1 atom stereocenters. The fourth-order valence-electron chi connectivity index (χ4n) is 2.84. The Hall–Kier alpha value is -1.06. The van der Waals surface area contributed by atoms with Crippen LogP contribution in [0.2, 0.25) is 0 Å². The van der Waals surface area contributed by atoms with Crippen LogP contribution in [0.15, 0.2) is 0 Å². The van der Waals surface area contributed by atoms with E-state index >= 15 is 0 Å². The average Bonchev–Trinajstić information content (AvgIpc) is 2.58. The number of methoxy groups -OCH3 is 1. The molecule has 0 rings (SSSR count). The minimum Gasteiger partial charge on any atom is -0.469 e. The largest absolute Gasteiger partial charge is 0.469 e. The van der Waals surface area contributed by atoms with Crippen molar-refractivity contribution in [2.75, 3.05) is 13.7 Å². The second-order valence-electron chi connectivity index (χ2n) is 7.47. The van der Waals surface area contributed by atoms with Crippen LogP contribution in [0.1, 0.15) is 97.8 Å². The molecule has 0 aromatic rings. The zero-order valence-electron chi connectivity index (χ0n) is 17.0. The zero-order chi connectivity index (χ0) is 18.9. The van der Waals surface area contributed by atoms with Gasteiger partial charge in [-0.2, -0.15) is 0 Å². The Morgan fingerprint density at radius 1 is 0.840 bits per heavy atom. The van der Waals surface area contributed by atoms with Crippen molar-refractivity contribution in [2.24, 2.45) is 11.8 Å². The van der Waals surface area contributed by atoms with Crippen LogP contribution in [0.4, 0.5) is 0 Å². The van der Waals surface area contributed by atoms with E-state index < -0.39 is 0 Å². The Bertz CT molecular complexity index is 339. The predicted molar refractivity (Wildman–Crippen MR) is 102 cm³/mol. The maximum atomic E-state index is 11.8. The summed E-state index contributed by atoms with van der Waals surface area (Å²) in [5.74, 6) is 0.910. The quantitative estimate of drug-likeness (QED) is 0.264. The van der Waals surface area contributed by atoms with E-state index in [1.165, 1.54) is 39.2 Å². The lowest BCUT2D eigenvalue weighted by Gasteiger charge is -2.14. The van der Waals surface area contributed by atoms with Gasteiger partial charge in [-0.05, 0) is 31.1 Å². The van der Waals surface area contributed by atoms with Gasteiger partial charge in [-0.1, -0.05) is 65.7 Å². The topological polar surface area (TPSA) is 52.6 Å². The molecule has 0 bridgehead atoms. The van der Waals surface area contributed by atoms with Crippen LogP contribution in [-0.4, -0.2) is 25.7 Å². The Morgan fingerprint density at radius 3 is 2.00 bits per heavy atom. The molecule has 25 heavy (non-hydrogen) atoms. The highest BCUT2D eigenvalue weighted by Gasteiger charge is 2.13. The van der Waals surface area contributed by atoms with Gasteiger partial charge in [0.25, 0.3) is 0 Å². The number of carbonyl (C=O) groups is 2. The summed E-state index contributed by atoms with van der Waals surface area (Å²) >= 11 is 0. The molecule has 4 nitrogen and oxygen atoms in total. The van der Waals surface area contributed by atoms with Gasteiger partial charge in [-0.25, -0.2) is 0 Å². The minimum absolute atomic E-state index is 0.0295. The summed E-state index contributed by atoms with van der Waals surface area (Å²) in [7, 11) is 1.44. The first-order chi connectivity index (χ1) is 12.0. The number of hydrogen-bond donors (Lipinski definition) is 0. The molecule has 0 aromatic heterocycles. The van der Waals surface area contributed by atoms with Gasteiger partial charge in [0.2, 0.25) is 0 Å². The normalized spacial score (nSPS) is 12.2. The van der Waals surface area contributed by atoms with Crippen LogP contribution < -0.4 is 0 Å². The lowest BCUT2D eigenvalue weighted by molar-refractivity contribution is -0.145. The molecule has 0 radical (unpaired) electrons. The molecule has 0 N–H and O–H groups in total. The third-order valence-electron chi connectivity index (χ3n) is 4.71. The molecule has 0 aliphatic heterocycles. The van der Waals surface area contributed by atoms with Crippen molar-refractivity contribution in [3.05, 3.63) is 0 Å². The number of ether oxygens (including phenoxy) is 2. The molecular weight excluding hydrogens is 316 g/mol. The van der Waals surface area contributed by atoms with E-state index in [4.69, 9.17) is 4.74 Å². The maximum absolute atomic E-state index is 11.8. The van der Waals surface area contributed by atoms with Crippen LogP contribution >= 0.6 is 0 Å². The maximum Gasteiger partial charge on any atom is 0.306 e. The standard InChI is InChI=1S/C21H40O4/c1-5-19(17-21(23)25-16-15-18(2)3)13-11-9-7-6-8-10-12-14-20(22)24-4/h18-19H,5-17H2,1-4H3. The van der Waals surface area contributed by atoms with Crippen molar-refractivity contribution in [3.8, 4) is 0 Å². The minimum atomic E-state index is -0.103. The van der Waals surface area contributed by atoms with Crippen molar-refractivity contribution in [2.45, 2.75) is 97.8 Å². The van der Waals surface area contributed by atoms with Gasteiger partial charge in [-0.3, -0.25) is 9.59 Å². The SMILES string of the molecule is CCC(CCCCCCCCCC(=O)OC)CC(=O)OCCC(C)C.